The number of aromatic nitrogens is 4. The van der Waals surface area contributed by atoms with Gasteiger partial charge in [0.05, 0.1) is 30.8 Å². The first kappa shape index (κ1) is 25.3. The Balaban J connectivity index is 1.06. The van der Waals surface area contributed by atoms with Crippen LogP contribution in [0.3, 0.4) is 0 Å². The Hall–Kier alpha value is -2.81. The van der Waals surface area contributed by atoms with Crippen LogP contribution in [-0.2, 0) is 21.3 Å². The molecule has 2 fully saturated rings. The van der Waals surface area contributed by atoms with Crippen LogP contribution in [0.1, 0.15) is 38.5 Å². The number of nitrogens with one attached hydrogen (secondary N) is 3. The molecule has 13 nitrogen and oxygen atoms in total. The Kier molecular flexibility index (Phi) is 8.15. The number of nitrogens with two attached hydrogens (primary N) is 1. The van der Waals surface area contributed by atoms with Crippen molar-refractivity contribution >= 4 is 50.9 Å². The maximum Gasteiger partial charge on any atom is 0.420 e. The molecule has 0 spiro atoms. The number of urea groups is 1. The number of hydrogen-bond acceptors (Lipinski definition) is 10. The van der Waals surface area contributed by atoms with E-state index in [4.69, 9.17) is 10.5 Å². The molecule has 3 atom stereocenters. The van der Waals surface area contributed by atoms with Gasteiger partial charge in [-0.05, 0) is 25.7 Å². The van der Waals surface area contributed by atoms with Gasteiger partial charge < -0.3 is 25.7 Å². The van der Waals surface area contributed by atoms with Crippen LogP contribution in [0.5, 0.6) is 0 Å². The number of aryl methyl sites for hydroxylation is 1. The molecule has 15 heteroatoms. The summed E-state index contributed by atoms with van der Waals surface area (Å²) in [5, 5.41) is 6.29. The first-order chi connectivity index (χ1) is 16.8. The van der Waals surface area contributed by atoms with E-state index >= 15 is 0 Å². The molecule has 2 saturated heterocycles. The van der Waals surface area contributed by atoms with Crippen LogP contribution in [0.2, 0.25) is 0 Å². The highest BCUT2D eigenvalue weighted by Gasteiger charge is 2.42. The minimum absolute atomic E-state index is 0.0906. The lowest BCUT2D eigenvalue weighted by Crippen LogP contribution is -2.36. The van der Waals surface area contributed by atoms with E-state index in [1.807, 2.05) is 16.5 Å². The highest BCUT2D eigenvalue weighted by Crippen LogP contribution is 2.33. The Morgan fingerprint density at radius 3 is 2.91 bits per heavy atom. The van der Waals surface area contributed by atoms with Crippen LogP contribution >= 0.6 is 11.8 Å². The highest BCUT2D eigenvalue weighted by atomic mass is 32.2. The summed E-state index contributed by atoms with van der Waals surface area (Å²) in [6.07, 6.45) is 6.32. The summed E-state index contributed by atoms with van der Waals surface area (Å²) in [5.74, 6) is 1.02. The minimum Gasteiger partial charge on any atom is -0.449 e. The fraction of sp³-hybridized carbons (Fsp3) is 0.650. The standard InChI is InChI=1S/C20H30N8O5S2/c21-17-16-18(23-11-22-17)28(12-24-16)7-3-5-9-35(31,32)27-20(30)33-8-4-1-2-6-14-15-13(10-34-14)25-19(29)26-15/h11-15H,1-10H2,(H,27,30)(H2,21,22,23)(H2,25,26,29)/t13-,14-,15-/m0/s1. The Labute approximate surface area is 207 Å². The van der Waals surface area contributed by atoms with E-state index in [0.717, 1.165) is 25.0 Å². The number of unbranched alkanes of at least 4 members (excludes halogenated alkanes) is 3. The topological polar surface area (TPSA) is 183 Å². The maximum atomic E-state index is 12.1. The zero-order chi connectivity index (χ0) is 24.8. The van der Waals surface area contributed by atoms with Crippen LogP contribution in [0, 0.1) is 0 Å². The average molecular weight is 527 g/mol. The number of thioether (sulfide) groups is 1. The molecule has 0 aliphatic carbocycles. The molecule has 5 N–H and O–H groups in total. The van der Waals surface area contributed by atoms with E-state index in [1.165, 1.54) is 6.33 Å². The predicted octanol–water partition coefficient (Wildman–Crippen LogP) is 0.971. The summed E-state index contributed by atoms with van der Waals surface area (Å²) in [6, 6.07) is 0.310. The molecule has 3 amide bonds. The molecular formula is C20H30N8O5S2. The van der Waals surface area contributed by atoms with Gasteiger partial charge in [0, 0.05) is 17.5 Å². The number of amides is 3. The van der Waals surface area contributed by atoms with Gasteiger partial charge in [0.25, 0.3) is 0 Å². The average Bonchev–Trinajstić information content (AvgIpc) is 3.49. The van der Waals surface area contributed by atoms with E-state index in [0.29, 0.717) is 48.0 Å². The zero-order valence-corrected chi connectivity index (χ0v) is 20.8. The van der Waals surface area contributed by atoms with E-state index in [-0.39, 0.29) is 30.5 Å². The lowest BCUT2D eigenvalue weighted by atomic mass is 10.0. The number of imidazole rings is 1. The second-order valence-electron chi connectivity index (χ2n) is 8.60. The normalized spacial score (nSPS) is 21.5. The summed E-state index contributed by atoms with van der Waals surface area (Å²) in [4.78, 5) is 35.5. The molecule has 0 radical (unpaired) electrons. The van der Waals surface area contributed by atoms with Gasteiger partial charge in [-0.3, -0.25) is 0 Å². The molecule has 0 aromatic carbocycles. The van der Waals surface area contributed by atoms with E-state index in [2.05, 4.69) is 25.6 Å². The van der Waals surface area contributed by atoms with Gasteiger partial charge in [0.15, 0.2) is 11.5 Å². The van der Waals surface area contributed by atoms with Gasteiger partial charge in [-0.15, -0.1) is 0 Å². The first-order valence-electron chi connectivity index (χ1n) is 11.6. The van der Waals surface area contributed by atoms with Crippen molar-refractivity contribution in [3.63, 3.8) is 0 Å². The molecule has 4 heterocycles. The quantitative estimate of drug-likeness (QED) is 0.229. The molecule has 2 aliphatic rings. The highest BCUT2D eigenvalue weighted by molar-refractivity contribution is 8.00. The van der Waals surface area contributed by atoms with Crippen molar-refractivity contribution in [3.8, 4) is 0 Å². The van der Waals surface area contributed by atoms with Crippen molar-refractivity contribution < 1.29 is 22.7 Å². The van der Waals surface area contributed by atoms with Gasteiger partial charge in [-0.2, -0.15) is 11.8 Å². The lowest BCUT2D eigenvalue weighted by molar-refractivity contribution is 0.150. The fourth-order valence-corrected chi connectivity index (χ4v) is 6.82. The Morgan fingerprint density at radius 1 is 1.20 bits per heavy atom. The Bertz CT molecular complexity index is 1160. The molecule has 0 bridgehead atoms. The number of fused-ring (bicyclic) bond motifs is 2. The number of nitrogen functional groups attached to an aromatic ring is 1. The summed E-state index contributed by atoms with van der Waals surface area (Å²) in [5.41, 5.74) is 6.86. The molecule has 2 aromatic rings. The molecule has 0 saturated carbocycles. The van der Waals surface area contributed by atoms with Crippen LogP contribution in [-0.4, -0.2) is 75.5 Å². The number of carbonyl (C=O) groups excluding carboxylic acids is 2. The second kappa shape index (κ2) is 11.3. The number of carbonyl (C=O) groups is 2. The van der Waals surface area contributed by atoms with Crippen molar-refractivity contribution in [2.45, 2.75) is 62.4 Å². The number of hydrogen-bond donors (Lipinski definition) is 4. The minimum atomic E-state index is -3.78. The number of nitrogens with zero attached hydrogens (tertiary/aromatic N) is 4. The molecule has 35 heavy (non-hydrogen) atoms. The zero-order valence-electron chi connectivity index (χ0n) is 19.2. The molecule has 2 aromatic heterocycles. The van der Waals surface area contributed by atoms with E-state index < -0.39 is 16.1 Å². The molecule has 4 rings (SSSR count). The van der Waals surface area contributed by atoms with Crippen LogP contribution in [0.4, 0.5) is 15.4 Å². The third kappa shape index (κ3) is 6.66. The van der Waals surface area contributed by atoms with Gasteiger partial charge in [-0.1, -0.05) is 12.8 Å². The summed E-state index contributed by atoms with van der Waals surface area (Å²) in [7, 11) is -3.78. The number of sulfonamides is 1. The summed E-state index contributed by atoms with van der Waals surface area (Å²) >= 11 is 1.87. The largest absolute Gasteiger partial charge is 0.449 e. The molecular weight excluding hydrogens is 496 g/mol. The van der Waals surface area contributed by atoms with Crippen molar-refractivity contribution in [2.75, 3.05) is 23.8 Å². The lowest BCUT2D eigenvalue weighted by Gasteiger charge is -2.16. The monoisotopic (exact) mass is 526 g/mol. The van der Waals surface area contributed by atoms with E-state index in [1.54, 1.807) is 10.9 Å². The molecule has 192 valence electrons. The number of rotatable bonds is 12. The maximum absolute atomic E-state index is 12.1. The Morgan fingerprint density at radius 2 is 2.06 bits per heavy atom. The van der Waals surface area contributed by atoms with Gasteiger partial charge in [0.2, 0.25) is 10.0 Å². The smallest absolute Gasteiger partial charge is 0.420 e. The SMILES string of the molecule is Nc1ncnc2c1ncn2CCCCS(=O)(=O)NC(=O)OCCCCC[C@@H]1SC[C@@H]2NC(=O)N[C@@H]21. The van der Waals surface area contributed by atoms with E-state index in [9.17, 15) is 18.0 Å². The van der Waals surface area contributed by atoms with Crippen LogP contribution in [0.15, 0.2) is 12.7 Å². The van der Waals surface area contributed by atoms with Crippen LogP contribution < -0.4 is 21.1 Å². The fourth-order valence-electron chi connectivity index (χ4n) is 4.28. The van der Waals surface area contributed by atoms with Crippen LogP contribution in [0.25, 0.3) is 11.2 Å². The van der Waals surface area contributed by atoms with Crippen molar-refractivity contribution in [2.24, 2.45) is 0 Å². The second-order valence-corrected chi connectivity index (χ2v) is 11.7. The van der Waals surface area contributed by atoms with Gasteiger partial charge in [0.1, 0.15) is 11.8 Å². The van der Waals surface area contributed by atoms with Gasteiger partial charge in [-0.25, -0.2) is 37.7 Å². The number of anilines is 1. The van der Waals surface area contributed by atoms with Crippen molar-refractivity contribution in [1.82, 2.24) is 34.9 Å². The molecule has 2 aliphatic heterocycles. The van der Waals surface area contributed by atoms with Crippen molar-refractivity contribution in [3.05, 3.63) is 12.7 Å². The molecule has 0 unspecified atom stereocenters. The van der Waals surface area contributed by atoms with Crippen molar-refractivity contribution in [1.29, 1.82) is 0 Å². The first-order valence-corrected chi connectivity index (χ1v) is 14.3. The summed E-state index contributed by atoms with van der Waals surface area (Å²) < 4.78 is 33.1. The number of ether oxygens (including phenoxy) is 1. The van der Waals surface area contributed by atoms with Gasteiger partial charge >= 0.3 is 12.1 Å². The third-order valence-electron chi connectivity index (χ3n) is 6.03. The summed E-state index contributed by atoms with van der Waals surface area (Å²) in [6.45, 7) is 0.665. The third-order valence-corrected chi connectivity index (χ3v) is 8.85. The predicted molar refractivity (Wildman–Crippen MR) is 131 cm³/mol.